The maximum absolute atomic E-state index is 12.9. The number of hydrogen-bond acceptors (Lipinski definition) is 2. The highest BCUT2D eigenvalue weighted by Crippen LogP contribution is 2.42. The molecule has 0 unspecified atom stereocenters. The molecule has 0 saturated heterocycles. The Bertz CT molecular complexity index is 1030. The molecule has 0 bridgehead atoms. The molecule has 1 aromatic heterocycles. The lowest BCUT2D eigenvalue weighted by Crippen LogP contribution is -2.42. The first-order chi connectivity index (χ1) is 13.1. The Morgan fingerprint density at radius 2 is 1.96 bits per heavy atom. The third-order valence-electron chi connectivity index (χ3n) is 6.15. The fraction of sp³-hybridized carbons (Fsp3) is 0.348. The van der Waals surface area contributed by atoms with Crippen LogP contribution in [-0.4, -0.2) is 28.3 Å². The summed E-state index contributed by atoms with van der Waals surface area (Å²) < 4.78 is 3.53. The van der Waals surface area contributed by atoms with Crippen LogP contribution in [0, 0.1) is 6.92 Å². The molecule has 4 heteroatoms. The highest BCUT2D eigenvalue weighted by molar-refractivity contribution is 9.10. The number of carbonyl (C=O) groups excluding carboxylic acids is 1. The number of benzene rings is 2. The van der Waals surface area contributed by atoms with E-state index in [1.807, 2.05) is 24.3 Å². The summed E-state index contributed by atoms with van der Waals surface area (Å²) in [4.78, 5) is 15.3. The average Bonchev–Trinajstić information content (AvgIpc) is 2.99. The third kappa shape index (κ3) is 2.86. The number of rotatable bonds is 3. The lowest BCUT2D eigenvalue weighted by atomic mass is 9.89. The molecule has 138 valence electrons. The second-order valence-electron chi connectivity index (χ2n) is 7.84. The van der Waals surface area contributed by atoms with Crippen molar-refractivity contribution in [2.24, 2.45) is 0 Å². The highest BCUT2D eigenvalue weighted by Gasteiger charge is 2.35. The number of aryl methyl sites for hydroxylation is 2. The summed E-state index contributed by atoms with van der Waals surface area (Å²) in [6.07, 6.45) is 3.51. The molecule has 27 heavy (non-hydrogen) atoms. The second-order valence-corrected chi connectivity index (χ2v) is 8.76. The quantitative estimate of drug-likeness (QED) is 0.535. The van der Waals surface area contributed by atoms with Crippen LogP contribution in [-0.2, 0) is 13.0 Å². The smallest absolute Gasteiger partial charge is 0.176 e. The molecule has 0 radical (unpaired) electrons. The van der Waals surface area contributed by atoms with Gasteiger partial charge in [-0.15, -0.1) is 0 Å². The number of hydrogen-bond donors (Lipinski definition) is 0. The first-order valence-corrected chi connectivity index (χ1v) is 10.6. The molecule has 1 atom stereocenters. The Kier molecular flexibility index (Phi) is 4.21. The minimum absolute atomic E-state index is 0.218. The molecule has 0 N–H and O–H groups in total. The SMILES string of the molecule is Cc1ccc2c(c1)c1c3n2CCN(CC(=O)c2ccc(Br)cc2)[C@@H]3CCC1. The molecule has 5 rings (SSSR count). The molecule has 2 heterocycles. The van der Waals surface area contributed by atoms with Crippen LogP contribution in [0.3, 0.4) is 0 Å². The number of Topliss-reactive ketones (excluding diaryl/α,β-unsaturated/α-hetero) is 1. The summed E-state index contributed by atoms with van der Waals surface area (Å²) in [5.41, 5.74) is 6.49. The van der Waals surface area contributed by atoms with E-state index in [2.05, 4.69) is 50.5 Å². The van der Waals surface area contributed by atoms with E-state index in [-0.39, 0.29) is 5.78 Å². The van der Waals surface area contributed by atoms with Crippen LogP contribution in [0.1, 0.15) is 46.1 Å². The van der Waals surface area contributed by atoms with Crippen molar-refractivity contribution in [2.45, 2.75) is 38.8 Å². The van der Waals surface area contributed by atoms with Crippen molar-refractivity contribution in [1.82, 2.24) is 9.47 Å². The zero-order chi connectivity index (χ0) is 18.5. The Morgan fingerprint density at radius 1 is 1.15 bits per heavy atom. The lowest BCUT2D eigenvalue weighted by Gasteiger charge is -2.39. The van der Waals surface area contributed by atoms with Crippen molar-refractivity contribution in [1.29, 1.82) is 0 Å². The van der Waals surface area contributed by atoms with Gasteiger partial charge in [-0.1, -0.05) is 39.7 Å². The van der Waals surface area contributed by atoms with Crippen LogP contribution < -0.4 is 0 Å². The lowest BCUT2D eigenvalue weighted by molar-refractivity contribution is 0.0833. The van der Waals surface area contributed by atoms with E-state index in [4.69, 9.17) is 0 Å². The summed E-state index contributed by atoms with van der Waals surface area (Å²) in [5, 5.41) is 1.43. The van der Waals surface area contributed by atoms with Crippen molar-refractivity contribution in [3.8, 4) is 0 Å². The first kappa shape index (κ1) is 17.2. The summed E-state index contributed by atoms with van der Waals surface area (Å²) in [6.45, 7) is 4.59. The molecule has 0 saturated carbocycles. The topological polar surface area (TPSA) is 25.2 Å². The number of fused-ring (bicyclic) bond motifs is 3. The van der Waals surface area contributed by atoms with E-state index < -0.39 is 0 Å². The monoisotopic (exact) mass is 422 g/mol. The van der Waals surface area contributed by atoms with Gasteiger partial charge in [0.05, 0.1) is 12.6 Å². The predicted molar refractivity (Wildman–Crippen MR) is 112 cm³/mol. The number of carbonyl (C=O) groups is 1. The van der Waals surface area contributed by atoms with Gasteiger partial charge in [-0.3, -0.25) is 9.69 Å². The maximum Gasteiger partial charge on any atom is 0.176 e. The standard InChI is InChI=1S/C23H23BrN2O/c1-15-5-10-20-19(13-15)18-3-2-4-21-23(18)26(20)12-11-25(21)14-22(27)16-6-8-17(24)9-7-16/h5-10,13,21H,2-4,11-12,14H2,1H3/t21-/m1/s1. The second kappa shape index (κ2) is 6.61. The number of halogens is 1. The van der Waals surface area contributed by atoms with E-state index >= 15 is 0 Å². The summed E-state index contributed by atoms with van der Waals surface area (Å²) in [5.74, 6) is 0.218. The van der Waals surface area contributed by atoms with E-state index in [1.54, 1.807) is 0 Å². The molecule has 0 fully saturated rings. The minimum Gasteiger partial charge on any atom is -0.342 e. The molecule has 3 aromatic rings. The Morgan fingerprint density at radius 3 is 2.78 bits per heavy atom. The van der Waals surface area contributed by atoms with Gasteiger partial charge in [0.15, 0.2) is 5.78 Å². The van der Waals surface area contributed by atoms with Crippen LogP contribution in [0.15, 0.2) is 46.9 Å². The molecular formula is C23H23BrN2O. The number of ketones is 1. The molecule has 2 aliphatic rings. The van der Waals surface area contributed by atoms with Gasteiger partial charge in [-0.2, -0.15) is 0 Å². The largest absolute Gasteiger partial charge is 0.342 e. The Labute approximate surface area is 168 Å². The predicted octanol–water partition coefficient (Wildman–Crippen LogP) is 5.29. The Balaban J connectivity index is 1.49. The summed E-state index contributed by atoms with van der Waals surface area (Å²) in [6, 6.07) is 14.9. The zero-order valence-electron chi connectivity index (χ0n) is 15.5. The molecule has 0 amide bonds. The van der Waals surface area contributed by atoms with Crippen LogP contribution in [0.4, 0.5) is 0 Å². The van der Waals surface area contributed by atoms with E-state index in [0.29, 0.717) is 12.6 Å². The van der Waals surface area contributed by atoms with Crippen molar-refractivity contribution in [3.05, 3.63) is 69.3 Å². The van der Waals surface area contributed by atoms with Gasteiger partial charge in [0.25, 0.3) is 0 Å². The van der Waals surface area contributed by atoms with Gasteiger partial charge in [0.2, 0.25) is 0 Å². The van der Waals surface area contributed by atoms with Gasteiger partial charge in [0, 0.05) is 39.7 Å². The van der Waals surface area contributed by atoms with Gasteiger partial charge in [-0.25, -0.2) is 0 Å². The van der Waals surface area contributed by atoms with E-state index in [9.17, 15) is 4.79 Å². The maximum atomic E-state index is 12.9. The molecule has 2 aromatic carbocycles. The van der Waals surface area contributed by atoms with E-state index in [0.717, 1.165) is 36.0 Å². The van der Waals surface area contributed by atoms with Crippen molar-refractivity contribution >= 4 is 32.6 Å². The van der Waals surface area contributed by atoms with Gasteiger partial charge in [-0.05, 0) is 56.0 Å². The minimum atomic E-state index is 0.218. The zero-order valence-corrected chi connectivity index (χ0v) is 17.1. The normalized spacial score (nSPS) is 19.3. The van der Waals surface area contributed by atoms with Crippen molar-refractivity contribution in [3.63, 3.8) is 0 Å². The summed E-state index contributed by atoms with van der Waals surface area (Å²) >= 11 is 3.44. The Hall–Kier alpha value is -1.91. The molecule has 1 aliphatic heterocycles. The fourth-order valence-corrected chi connectivity index (χ4v) is 5.16. The fourth-order valence-electron chi connectivity index (χ4n) is 4.89. The summed E-state index contributed by atoms with van der Waals surface area (Å²) in [7, 11) is 0. The molecule has 3 nitrogen and oxygen atoms in total. The van der Waals surface area contributed by atoms with Gasteiger partial charge < -0.3 is 4.57 Å². The molecule has 0 spiro atoms. The van der Waals surface area contributed by atoms with Crippen LogP contribution in [0.5, 0.6) is 0 Å². The first-order valence-electron chi connectivity index (χ1n) is 9.76. The van der Waals surface area contributed by atoms with Crippen LogP contribution in [0.2, 0.25) is 0 Å². The molecular weight excluding hydrogens is 400 g/mol. The number of nitrogens with zero attached hydrogens (tertiary/aromatic N) is 2. The van der Waals surface area contributed by atoms with E-state index in [1.165, 1.54) is 34.1 Å². The van der Waals surface area contributed by atoms with Crippen LogP contribution in [0.25, 0.3) is 10.9 Å². The van der Waals surface area contributed by atoms with Crippen molar-refractivity contribution < 1.29 is 4.79 Å². The third-order valence-corrected chi connectivity index (χ3v) is 6.68. The molecule has 1 aliphatic carbocycles. The highest BCUT2D eigenvalue weighted by atomic mass is 79.9. The van der Waals surface area contributed by atoms with Gasteiger partial charge >= 0.3 is 0 Å². The average molecular weight is 423 g/mol. The van der Waals surface area contributed by atoms with Gasteiger partial charge in [0.1, 0.15) is 0 Å². The van der Waals surface area contributed by atoms with Crippen LogP contribution >= 0.6 is 15.9 Å². The number of aromatic nitrogens is 1. The van der Waals surface area contributed by atoms with Crippen molar-refractivity contribution in [2.75, 3.05) is 13.1 Å².